The molecule has 150 valence electrons. The zero-order chi connectivity index (χ0) is 20.4. The van der Waals surface area contributed by atoms with Crippen LogP contribution >= 0.6 is 0 Å². The Kier molecular flexibility index (Phi) is 5.03. The maximum Gasteiger partial charge on any atom is 0.257 e. The number of methoxy groups -OCH3 is 2. The van der Waals surface area contributed by atoms with Crippen LogP contribution in [0, 0.1) is 13.8 Å². The van der Waals surface area contributed by atoms with Crippen molar-refractivity contribution < 1.29 is 18.7 Å². The van der Waals surface area contributed by atoms with Crippen LogP contribution in [0.2, 0.25) is 0 Å². The van der Waals surface area contributed by atoms with E-state index in [2.05, 4.69) is 20.1 Å². The van der Waals surface area contributed by atoms with Gasteiger partial charge in [-0.3, -0.25) is 0 Å². The number of aryl methyl sites for hydroxylation is 2. The molecule has 0 N–H and O–H groups in total. The summed E-state index contributed by atoms with van der Waals surface area (Å²) in [5.41, 5.74) is 3.09. The summed E-state index contributed by atoms with van der Waals surface area (Å²) >= 11 is 0. The van der Waals surface area contributed by atoms with Gasteiger partial charge < -0.3 is 23.3 Å². The van der Waals surface area contributed by atoms with Gasteiger partial charge in [0.25, 0.3) is 5.88 Å². The lowest BCUT2D eigenvalue weighted by Gasteiger charge is -2.11. The number of nitrogens with zero attached hydrogens (tertiary/aromatic N) is 5. The summed E-state index contributed by atoms with van der Waals surface area (Å²) in [7, 11) is 3.15. The van der Waals surface area contributed by atoms with Crippen LogP contribution in [0.15, 0.2) is 35.0 Å². The molecule has 4 aromatic rings. The van der Waals surface area contributed by atoms with E-state index < -0.39 is 0 Å². The second kappa shape index (κ2) is 7.78. The highest BCUT2D eigenvalue weighted by Crippen LogP contribution is 2.27. The Morgan fingerprint density at radius 1 is 0.966 bits per heavy atom. The average Bonchev–Trinajstić information content (AvgIpc) is 3.32. The number of rotatable bonds is 7. The van der Waals surface area contributed by atoms with E-state index in [0.717, 1.165) is 22.5 Å². The third kappa shape index (κ3) is 3.84. The standard InChI is InChI=1S/C20H21N5O4/c1-12-9-15(24-29-12)11-28-20-18-16(21-13(2)22-20)7-8-25(18)10-14-5-6-17(26-3)19(23-14)27-4/h5-9H,10-11H2,1-4H3. The van der Waals surface area contributed by atoms with E-state index in [0.29, 0.717) is 35.6 Å². The van der Waals surface area contributed by atoms with E-state index in [4.69, 9.17) is 18.7 Å². The molecule has 29 heavy (non-hydrogen) atoms. The van der Waals surface area contributed by atoms with Crippen LogP contribution < -0.4 is 14.2 Å². The number of fused-ring (bicyclic) bond motifs is 1. The number of hydrogen-bond acceptors (Lipinski definition) is 8. The van der Waals surface area contributed by atoms with E-state index in [1.165, 1.54) is 0 Å². The van der Waals surface area contributed by atoms with Crippen molar-refractivity contribution in [1.82, 2.24) is 24.7 Å². The summed E-state index contributed by atoms with van der Waals surface area (Å²) in [4.78, 5) is 13.5. The van der Waals surface area contributed by atoms with Gasteiger partial charge in [0.2, 0.25) is 5.88 Å². The summed E-state index contributed by atoms with van der Waals surface area (Å²) in [6.45, 7) is 4.42. The summed E-state index contributed by atoms with van der Waals surface area (Å²) in [5, 5.41) is 3.96. The zero-order valence-corrected chi connectivity index (χ0v) is 16.7. The van der Waals surface area contributed by atoms with Crippen LogP contribution in [0.4, 0.5) is 0 Å². The van der Waals surface area contributed by atoms with Crippen LogP contribution in [0.25, 0.3) is 11.0 Å². The van der Waals surface area contributed by atoms with Gasteiger partial charge in [-0.05, 0) is 32.0 Å². The fraction of sp³-hybridized carbons (Fsp3) is 0.300. The lowest BCUT2D eigenvalue weighted by molar-refractivity contribution is 0.279. The lowest BCUT2D eigenvalue weighted by atomic mass is 10.3. The number of pyridine rings is 1. The first-order valence-electron chi connectivity index (χ1n) is 9.03. The highest BCUT2D eigenvalue weighted by molar-refractivity contribution is 5.80. The second-order valence-corrected chi connectivity index (χ2v) is 6.49. The molecule has 0 amide bonds. The zero-order valence-electron chi connectivity index (χ0n) is 16.7. The molecule has 0 aliphatic heterocycles. The van der Waals surface area contributed by atoms with E-state index in [1.807, 2.05) is 48.9 Å². The molecular weight excluding hydrogens is 374 g/mol. The minimum atomic E-state index is 0.253. The smallest absolute Gasteiger partial charge is 0.257 e. The molecule has 0 saturated carbocycles. The molecule has 0 unspecified atom stereocenters. The molecule has 4 aromatic heterocycles. The Morgan fingerprint density at radius 2 is 1.83 bits per heavy atom. The molecule has 0 radical (unpaired) electrons. The molecule has 0 fully saturated rings. The minimum Gasteiger partial charge on any atom is -0.491 e. The molecule has 0 aliphatic rings. The Hall–Kier alpha value is -3.62. The van der Waals surface area contributed by atoms with E-state index in [9.17, 15) is 0 Å². The summed E-state index contributed by atoms with van der Waals surface area (Å²) < 4.78 is 23.6. The van der Waals surface area contributed by atoms with E-state index >= 15 is 0 Å². The summed E-state index contributed by atoms with van der Waals surface area (Å²) in [6, 6.07) is 7.48. The van der Waals surface area contributed by atoms with Crippen molar-refractivity contribution in [3.63, 3.8) is 0 Å². The molecule has 0 bridgehead atoms. The monoisotopic (exact) mass is 395 g/mol. The van der Waals surface area contributed by atoms with Gasteiger partial charge in [-0.15, -0.1) is 0 Å². The molecule has 9 heteroatoms. The maximum absolute atomic E-state index is 5.96. The number of ether oxygens (including phenoxy) is 3. The molecular formula is C20H21N5O4. The van der Waals surface area contributed by atoms with Gasteiger partial charge >= 0.3 is 0 Å². The third-order valence-electron chi connectivity index (χ3n) is 4.35. The van der Waals surface area contributed by atoms with Gasteiger partial charge in [0.1, 0.15) is 29.4 Å². The van der Waals surface area contributed by atoms with Gasteiger partial charge in [-0.2, -0.15) is 4.98 Å². The van der Waals surface area contributed by atoms with Gasteiger partial charge in [0, 0.05) is 12.3 Å². The van der Waals surface area contributed by atoms with Crippen LogP contribution in [0.1, 0.15) is 23.0 Å². The Balaban J connectivity index is 1.66. The molecule has 0 aliphatic carbocycles. The highest BCUT2D eigenvalue weighted by atomic mass is 16.5. The normalized spacial score (nSPS) is 11.0. The molecule has 0 spiro atoms. The van der Waals surface area contributed by atoms with Gasteiger partial charge in [-0.1, -0.05) is 5.16 Å². The van der Waals surface area contributed by atoms with Gasteiger partial charge in [0.15, 0.2) is 5.75 Å². The van der Waals surface area contributed by atoms with Crippen LogP contribution in [0.5, 0.6) is 17.5 Å². The lowest BCUT2D eigenvalue weighted by Crippen LogP contribution is -2.06. The average molecular weight is 395 g/mol. The molecule has 4 rings (SSSR count). The molecule has 9 nitrogen and oxygen atoms in total. The van der Waals surface area contributed by atoms with E-state index in [1.54, 1.807) is 14.2 Å². The Labute approximate surface area is 167 Å². The summed E-state index contributed by atoms with van der Waals surface area (Å²) in [5.74, 6) is 2.87. The number of hydrogen-bond donors (Lipinski definition) is 0. The van der Waals surface area contributed by atoms with E-state index in [-0.39, 0.29) is 6.61 Å². The summed E-state index contributed by atoms with van der Waals surface area (Å²) in [6.07, 6.45) is 1.93. The minimum absolute atomic E-state index is 0.253. The van der Waals surface area contributed by atoms with Gasteiger partial charge in [0.05, 0.1) is 32.0 Å². The number of aromatic nitrogens is 5. The van der Waals surface area contributed by atoms with Crippen molar-refractivity contribution in [2.45, 2.75) is 27.0 Å². The molecule has 0 aromatic carbocycles. The van der Waals surface area contributed by atoms with Crippen molar-refractivity contribution in [3.8, 4) is 17.5 Å². The van der Waals surface area contributed by atoms with Crippen molar-refractivity contribution >= 4 is 11.0 Å². The fourth-order valence-corrected chi connectivity index (χ4v) is 3.07. The first-order valence-corrected chi connectivity index (χ1v) is 9.03. The Bertz CT molecular complexity index is 1150. The first kappa shape index (κ1) is 18.7. The first-order chi connectivity index (χ1) is 14.1. The molecule has 4 heterocycles. The van der Waals surface area contributed by atoms with Crippen LogP contribution in [0.3, 0.4) is 0 Å². The van der Waals surface area contributed by atoms with Crippen LogP contribution in [-0.4, -0.2) is 38.9 Å². The van der Waals surface area contributed by atoms with Crippen molar-refractivity contribution in [1.29, 1.82) is 0 Å². The topological polar surface area (TPSA) is 97.3 Å². The SMILES string of the molecule is COc1ccc(Cn2ccc3nc(C)nc(OCc4cc(C)on4)c32)nc1OC. The van der Waals surface area contributed by atoms with Crippen molar-refractivity contribution in [2.24, 2.45) is 0 Å². The highest BCUT2D eigenvalue weighted by Gasteiger charge is 2.15. The quantitative estimate of drug-likeness (QED) is 0.471. The molecule has 0 atom stereocenters. The maximum atomic E-state index is 5.96. The van der Waals surface area contributed by atoms with Gasteiger partial charge in [-0.25, -0.2) is 9.97 Å². The second-order valence-electron chi connectivity index (χ2n) is 6.49. The van der Waals surface area contributed by atoms with Crippen molar-refractivity contribution in [3.05, 3.63) is 53.4 Å². The predicted octanol–water partition coefficient (Wildman–Crippen LogP) is 3.08. The largest absolute Gasteiger partial charge is 0.491 e. The molecule has 0 saturated heterocycles. The predicted molar refractivity (Wildman–Crippen MR) is 104 cm³/mol. The fourth-order valence-electron chi connectivity index (χ4n) is 3.07. The van der Waals surface area contributed by atoms with Crippen molar-refractivity contribution in [2.75, 3.05) is 14.2 Å². The Morgan fingerprint density at radius 3 is 2.55 bits per heavy atom. The third-order valence-corrected chi connectivity index (χ3v) is 4.35. The van der Waals surface area contributed by atoms with Crippen LogP contribution in [-0.2, 0) is 13.2 Å².